The van der Waals surface area contributed by atoms with Crippen molar-refractivity contribution in [3.63, 3.8) is 0 Å². The van der Waals surface area contributed by atoms with Gasteiger partial charge in [-0.15, -0.1) is 0 Å². The Balaban J connectivity index is 2.32. The molecule has 1 amide bonds. The Kier molecular flexibility index (Phi) is 6.88. The first kappa shape index (κ1) is 13.8. The number of piperidine rings is 1. The fourth-order valence-corrected chi connectivity index (χ4v) is 2.49. The summed E-state index contributed by atoms with van der Waals surface area (Å²) in [4.78, 5) is 14.1. The van der Waals surface area contributed by atoms with E-state index in [1.165, 1.54) is 0 Å². The first-order valence-electron chi connectivity index (χ1n) is 6.30. The molecule has 3 nitrogen and oxygen atoms in total. The van der Waals surface area contributed by atoms with Crippen LogP contribution in [0.5, 0.6) is 0 Å². The van der Waals surface area contributed by atoms with E-state index in [0.29, 0.717) is 5.91 Å². The predicted octanol–water partition coefficient (Wildman–Crippen LogP) is 1.73. The zero-order valence-corrected chi connectivity index (χ0v) is 11.3. The van der Waals surface area contributed by atoms with Gasteiger partial charge in [-0.3, -0.25) is 4.79 Å². The summed E-state index contributed by atoms with van der Waals surface area (Å²) < 4.78 is 0. The van der Waals surface area contributed by atoms with E-state index in [0.717, 1.165) is 51.1 Å². The van der Waals surface area contributed by atoms with Crippen LogP contribution in [-0.2, 0) is 4.79 Å². The van der Waals surface area contributed by atoms with Crippen molar-refractivity contribution in [2.24, 2.45) is 0 Å². The van der Waals surface area contributed by atoms with Crippen LogP contribution in [0.15, 0.2) is 0 Å². The molecule has 0 radical (unpaired) electrons. The lowest BCUT2D eigenvalue weighted by Gasteiger charge is -2.32. The Labute approximate surface area is 103 Å². The van der Waals surface area contributed by atoms with Gasteiger partial charge in [0.05, 0.1) is 6.04 Å². The lowest BCUT2D eigenvalue weighted by Crippen LogP contribution is -2.51. The fraction of sp³-hybridized carbons (Fsp3) is 0.917. The third-order valence-electron chi connectivity index (χ3n) is 2.95. The number of likely N-dealkylation sites (tertiary alicyclic amines) is 1. The molecule has 1 unspecified atom stereocenters. The average Bonchev–Trinajstić information content (AvgIpc) is 2.30. The van der Waals surface area contributed by atoms with Crippen LogP contribution in [-0.4, -0.2) is 48.5 Å². The van der Waals surface area contributed by atoms with Crippen molar-refractivity contribution in [2.75, 3.05) is 31.6 Å². The topological polar surface area (TPSA) is 32.3 Å². The minimum absolute atomic E-state index is 0.0861. The van der Waals surface area contributed by atoms with Crippen molar-refractivity contribution in [1.29, 1.82) is 0 Å². The summed E-state index contributed by atoms with van der Waals surface area (Å²) in [5, 5.41) is 3.35. The number of hydrogen-bond acceptors (Lipinski definition) is 3. The second kappa shape index (κ2) is 7.96. The Morgan fingerprint density at radius 1 is 1.56 bits per heavy atom. The van der Waals surface area contributed by atoms with Gasteiger partial charge in [-0.2, -0.15) is 11.8 Å². The summed E-state index contributed by atoms with van der Waals surface area (Å²) in [5.74, 6) is 1.47. The molecule has 1 fully saturated rings. The van der Waals surface area contributed by atoms with Crippen LogP contribution in [0, 0.1) is 0 Å². The fourth-order valence-electron chi connectivity index (χ4n) is 2.07. The number of carbonyl (C=O) groups excluding carboxylic acids is 1. The zero-order chi connectivity index (χ0) is 11.8. The van der Waals surface area contributed by atoms with Gasteiger partial charge in [0.2, 0.25) is 5.91 Å². The van der Waals surface area contributed by atoms with Gasteiger partial charge in [0.1, 0.15) is 0 Å². The quantitative estimate of drug-likeness (QED) is 0.692. The van der Waals surface area contributed by atoms with Crippen molar-refractivity contribution in [3.05, 3.63) is 0 Å². The van der Waals surface area contributed by atoms with E-state index in [2.05, 4.69) is 18.5 Å². The molecule has 16 heavy (non-hydrogen) atoms. The van der Waals surface area contributed by atoms with Crippen LogP contribution < -0.4 is 5.32 Å². The standard InChI is InChI=1S/C12H24N2OS/c1-3-7-13-11-6-4-8-14(12(11)15)9-5-10-16-2/h11,13H,3-10H2,1-2H3. The number of rotatable bonds is 7. The highest BCUT2D eigenvalue weighted by Crippen LogP contribution is 2.12. The van der Waals surface area contributed by atoms with E-state index < -0.39 is 0 Å². The number of nitrogens with one attached hydrogen (secondary N) is 1. The van der Waals surface area contributed by atoms with Gasteiger partial charge in [0.15, 0.2) is 0 Å². The molecule has 1 heterocycles. The minimum atomic E-state index is 0.0861. The van der Waals surface area contributed by atoms with E-state index in [-0.39, 0.29) is 6.04 Å². The number of carbonyl (C=O) groups is 1. The number of amides is 1. The van der Waals surface area contributed by atoms with Crippen molar-refractivity contribution >= 4 is 17.7 Å². The second-order valence-electron chi connectivity index (χ2n) is 4.32. The van der Waals surface area contributed by atoms with Crippen molar-refractivity contribution in [1.82, 2.24) is 10.2 Å². The Morgan fingerprint density at radius 2 is 2.38 bits per heavy atom. The van der Waals surface area contributed by atoms with Gasteiger partial charge < -0.3 is 10.2 Å². The van der Waals surface area contributed by atoms with E-state index in [4.69, 9.17) is 0 Å². The third-order valence-corrected chi connectivity index (χ3v) is 3.64. The molecule has 1 aliphatic rings. The first-order valence-corrected chi connectivity index (χ1v) is 7.70. The Bertz CT molecular complexity index is 211. The second-order valence-corrected chi connectivity index (χ2v) is 5.31. The molecule has 94 valence electrons. The van der Waals surface area contributed by atoms with Gasteiger partial charge in [-0.1, -0.05) is 6.92 Å². The maximum absolute atomic E-state index is 12.1. The van der Waals surface area contributed by atoms with Crippen molar-refractivity contribution in [2.45, 2.75) is 38.6 Å². The molecule has 0 spiro atoms. The first-order chi connectivity index (χ1) is 7.79. The van der Waals surface area contributed by atoms with E-state index >= 15 is 0 Å². The van der Waals surface area contributed by atoms with Crippen LogP contribution in [0.3, 0.4) is 0 Å². The molecule has 0 aromatic heterocycles. The SMILES string of the molecule is CCCNC1CCCN(CCCSC)C1=O. The average molecular weight is 244 g/mol. The summed E-state index contributed by atoms with van der Waals surface area (Å²) in [7, 11) is 0. The molecule has 1 atom stereocenters. The number of thioether (sulfide) groups is 1. The highest BCUT2D eigenvalue weighted by Gasteiger charge is 2.27. The molecular formula is C12H24N2OS. The van der Waals surface area contributed by atoms with E-state index in [9.17, 15) is 4.79 Å². The zero-order valence-electron chi connectivity index (χ0n) is 10.5. The van der Waals surface area contributed by atoms with Crippen molar-refractivity contribution < 1.29 is 4.79 Å². The van der Waals surface area contributed by atoms with Crippen LogP contribution in [0.25, 0.3) is 0 Å². The lowest BCUT2D eigenvalue weighted by molar-refractivity contribution is -0.135. The monoisotopic (exact) mass is 244 g/mol. The highest BCUT2D eigenvalue weighted by molar-refractivity contribution is 7.98. The molecule has 1 aliphatic heterocycles. The molecule has 1 saturated heterocycles. The minimum Gasteiger partial charge on any atom is -0.341 e. The lowest BCUT2D eigenvalue weighted by atomic mass is 10.0. The van der Waals surface area contributed by atoms with Gasteiger partial charge in [0.25, 0.3) is 0 Å². The molecule has 0 aromatic rings. The number of nitrogens with zero attached hydrogens (tertiary/aromatic N) is 1. The molecule has 0 saturated carbocycles. The highest BCUT2D eigenvalue weighted by atomic mass is 32.2. The van der Waals surface area contributed by atoms with Gasteiger partial charge in [-0.25, -0.2) is 0 Å². The summed E-state index contributed by atoms with van der Waals surface area (Å²) in [6.45, 7) is 4.98. The molecule has 4 heteroatoms. The van der Waals surface area contributed by atoms with Gasteiger partial charge >= 0.3 is 0 Å². The van der Waals surface area contributed by atoms with Crippen LogP contribution in [0.2, 0.25) is 0 Å². The summed E-state index contributed by atoms with van der Waals surface area (Å²) in [6.07, 6.45) is 6.48. The third kappa shape index (κ3) is 4.34. The summed E-state index contributed by atoms with van der Waals surface area (Å²) in [5.41, 5.74) is 0. The number of hydrogen-bond donors (Lipinski definition) is 1. The van der Waals surface area contributed by atoms with E-state index in [1.54, 1.807) is 0 Å². The van der Waals surface area contributed by atoms with Crippen LogP contribution in [0.1, 0.15) is 32.6 Å². The largest absolute Gasteiger partial charge is 0.341 e. The summed E-state index contributed by atoms with van der Waals surface area (Å²) >= 11 is 1.85. The molecule has 0 aromatic carbocycles. The maximum Gasteiger partial charge on any atom is 0.239 e. The van der Waals surface area contributed by atoms with Crippen LogP contribution >= 0.6 is 11.8 Å². The maximum atomic E-state index is 12.1. The Hall–Kier alpha value is -0.220. The van der Waals surface area contributed by atoms with Gasteiger partial charge in [0, 0.05) is 13.1 Å². The molecule has 1 rings (SSSR count). The smallest absolute Gasteiger partial charge is 0.239 e. The van der Waals surface area contributed by atoms with Crippen LogP contribution in [0.4, 0.5) is 0 Å². The molecule has 1 N–H and O–H groups in total. The molecular weight excluding hydrogens is 220 g/mol. The molecule has 0 aliphatic carbocycles. The normalized spacial score (nSPS) is 21.5. The summed E-state index contributed by atoms with van der Waals surface area (Å²) in [6, 6.07) is 0.0861. The van der Waals surface area contributed by atoms with Crippen molar-refractivity contribution in [3.8, 4) is 0 Å². The Morgan fingerprint density at radius 3 is 3.06 bits per heavy atom. The van der Waals surface area contributed by atoms with Gasteiger partial charge in [-0.05, 0) is 44.2 Å². The predicted molar refractivity (Wildman–Crippen MR) is 70.9 cm³/mol. The molecule has 0 bridgehead atoms. The van der Waals surface area contributed by atoms with E-state index in [1.807, 2.05) is 16.7 Å².